The Morgan fingerprint density at radius 3 is 2.83 bits per heavy atom. The maximum absolute atomic E-state index is 13.4. The van der Waals surface area contributed by atoms with Crippen LogP contribution in [0, 0.1) is 0 Å². The molecule has 0 radical (unpaired) electrons. The lowest BCUT2D eigenvalue weighted by atomic mass is 10.2. The van der Waals surface area contributed by atoms with Gasteiger partial charge in [0.25, 0.3) is 0 Å². The number of rotatable bonds is 3. The van der Waals surface area contributed by atoms with E-state index in [1.165, 1.54) is 12.0 Å². The van der Waals surface area contributed by atoms with E-state index in [1.807, 2.05) is 30.3 Å². The van der Waals surface area contributed by atoms with Crippen molar-refractivity contribution in [3.05, 3.63) is 35.9 Å². The second-order valence-electron chi connectivity index (χ2n) is 4.16. The Kier molecular flexibility index (Phi) is 4.15. The summed E-state index contributed by atoms with van der Waals surface area (Å²) in [5.41, 5.74) is 0.899. The van der Waals surface area contributed by atoms with Gasteiger partial charge in [0.1, 0.15) is 12.8 Å². The number of nitrogens with zero attached hydrogens (tertiary/aromatic N) is 1. The summed E-state index contributed by atoms with van der Waals surface area (Å²) in [4.78, 5) is 13.1. The zero-order chi connectivity index (χ0) is 13.0. The quantitative estimate of drug-likeness (QED) is 0.830. The van der Waals surface area contributed by atoms with E-state index in [0.717, 1.165) is 5.56 Å². The molecule has 98 valence electrons. The molecule has 0 spiro atoms. The molecule has 1 aliphatic rings. The van der Waals surface area contributed by atoms with Crippen LogP contribution < -0.4 is 0 Å². The van der Waals surface area contributed by atoms with Crippen molar-refractivity contribution in [2.75, 3.05) is 13.7 Å². The van der Waals surface area contributed by atoms with Crippen molar-refractivity contribution in [3.63, 3.8) is 0 Å². The summed E-state index contributed by atoms with van der Waals surface area (Å²) in [6.07, 6.45) is -2.21. The van der Waals surface area contributed by atoms with Gasteiger partial charge in [-0.3, -0.25) is 4.90 Å². The molecule has 0 bridgehead atoms. The van der Waals surface area contributed by atoms with E-state index in [4.69, 9.17) is 9.47 Å². The number of carbonyl (C=O) groups excluding carboxylic acids is 1. The largest absolute Gasteiger partial charge is 0.444 e. The molecule has 4 nitrogen and oxygen atoms in total. The minimum atomic E-state index is -1.14. The van der Waals surface area contributed by atoms with E-state index in [1.54, 1.807) is 0 Å². The van der Waals surface area contributed by atoms with Crippen LogP contribution in [0.4, 0.5) is 9.18 Å². The van der Waals surface area contributed by atoms with Gasteiger partial charge in [-0.1, -0.05) is 30.3 Å². The van der Waals surface area contributed by atoms with Crippen LogP contribution >= 0.6 is 0 Å². The lowest BCUT2D eigenvalue weighted by molar-refractivity contribution is -0.0374. The van der Waals surface area contributed by atoms with E-state index in [-0.39, 0.29) is 6.61 Å². The zero-order valence-corrected chi connectivity index (χ0v) is 10.2. The van der Waals surface area contributed by atoms with E-state index in [0.29, 0.717) is 13.0 Å². The van der Waals surface area contributed by atoms with Gasteiger partial charge in [0.15, 0.2) is 6.23 Å². The summed E-state index contributed by atoms with van der Waals surface area (Å²) in [5.74, 6) is 0. The fourth-order valence-corrected chi connectivity index (χ4v) is 2.00. The van der Waals surface area contributed by atoms with Crippen molar-refractivity contribution in [2.24, 2.45) is 0 Å². The number of hydrogen-bond acceptors (Lipinski definition) is 3. The van der Waals surface area contributed by atoms with Crippen molar-refractivity contribution < 1.29 is 18.7 Å². The van der Waals surface area contributed by atoms with Crippen LogP contribution in [0.3, 0.4) is 0 Å². The lowest BCUT2D eigenvalue weighted by Crippen LogP contribution is -2.40. The van der Waals surface area contributed by atoms with Crippen LogP contribution in [-0.2, 0) is 16.1 Å². The molecular weight excluding hydrogens is 237 g/mol. The van der Waals surface area contributed by atoms with E-state index in [9.17, 15) is 9.18 Å². The second-order valence-corrected chi connectivity index (χ2v) is 4.16. The Morgan fingerprint density at radius 1 is 1.44 bits per heavy atom. The Labute approximate surface area is 105 Å². The van der Waals surface area contributed by atoms with Crippen LogP contribution in [0.5, 0.6) is 0 Å². The monoisotopic (exact) mass is 253 g/mol. The molecule has 1 amide bonds. The third-order valence-electron chi connectivity index (χ3n) is 2.94. The van der Waals surface area contributed by atoms with Gasteiger partial charge in [-0.25, -0.2) is 9.18 Å². The van der Waals surface area contributed by atoms with Gasteiger partial charge in [-0.2, -0.15) is 0 Å². The van der Waals surface area contributed by atoms with Gasteiger partial charge in [0.05, 0.1) is 0 Å². The number of halogens is 1. The highest BCUT2D eigenvalue weighted by atomic mass is 19.1. The maximum Gasteiger partial charge on any atom is 0.412 e. The minimum Gasteiger partial charge on any atom is -0.444 e. The Bertz CT molecular complexity index is 398. The van der Waals surface area contributed by atoms with Crippen molar-refractivity contribution in [1.82, 2.24) is 4.90 Å². The van der Waals surface area contributed by atoms with Crippen molar-refractivity contribution >= 4 is 6.09 Å². The van der Waals surface area contributed by atoms with Crippen molar-refractivity contribution in [3.8, 4) is 0 Å². The SMILES string of the molecule is COC1C(F)CCN1C(=O)OCc1ccccc1. The average Bonchev–Trinajstić information content (AvgIpc) is 2.78. The molecule has 0 aromatic heterocycles. The highest BCUT2D eigenvalue weighted by molar-refractivity contribution is 5.68. The first-order valence-corrected chi connectivity index (χ1v) is 5.86. The number of benzene rings is 1. The molecule has 0 N–H and O–H groups in total. The number of hydrogen-bond donors (Lipinski definition) is 0. The molecule has 1 aliphatic heterocycles. The molecule has 18 heavy (non-hydrogen) atoms. The van der Waals surface area contributed by atoms with E-state index in [2.05, 4.69) is 0 Å². The zero-order valence-electron chi connectivity index (χ0n) is 10.2. The summed E-state index contributed by atoms with van der Waals surface area (Å²) in [6.45, 7) is 0.511. The van der Waals surface area contributed by atoms with Crippen LogP contribution in [-0.4, -0.2) is 37.0 Å². The minimum absolute atomic E-state index is 0.184. The molecule has 0 saturated carbocycles. The highest BCUT2D eigenvalue weighted by Gasteiger charge is 2.38. The fourth-order valence-electron chi connectivity index (χ4n) is 2.00. The Hall–Kier alpha value is -1.62. The number of methoxy groups -OCH3 is 1. The number of amides is 1. The van der Waals surface area contributed by atoms with E-state index >= 15 is 0 Å². The van der Waals surface area contributed by atoms with Crippen molar-refractivity contribution in [2.45, 2.75) is 25.4 Å². The number of ether oxygens (including phenoxy) is 2. The second kappa shape index (κ2) is 5.82. The van der Waals surface area contributed by atoms with Gasteiger partial charge < -0.3 is 9.47 Å². The molecule has 2 atom stereocenters. The smallest absolute Gasteiger partial charge is 0.412 e. The van der Waals surface area contributed by atoms with E-state index < -0.39 is 18.5 Å². The van der Waals surface area contributed by atoms with Gasteiger partial charge in [0.2, 0.25) is 0 Å². The standard InChI is InChI=1S/C13H16FNO3/c1-17-12-11(14)7-8-15(12)13(16)18-9-10-5-3-2-4-6-10/h2-6,11-12H,7-9H2,1H3. The fraction of sp³-hybridized carbons (Fsp3) is 0.462. The maximum atomic E-state index is 13.4. The normalized spacial score (nSPS) is 23.1. The van der Waals surface area contributed by atoms with Crippen molar-refractivity contribution in [1.29, 1.82) is 0 Å². The first-order chi connectivity index (χ1) is 8.72. The molecule has 1 aromatic rings. The third-order valence-corrected chi connectivity index (χ3v) is 2.94. The third kappa shape index (κ3) is 2.79. The van der Waals surface area contributed by atoms with Crippen LogP contribution in [0.15, 0.2) is 30.3 Å². The molecule has 0 aliphatic carbocycles. The molecule has 1 heterocycles. The Morgan fingerprint density at radius 2 is 2.17 bits per heavy atom. The molecular formula is C13H16FNO3. The molecule has 1 saturated heterocycles. The first kappa shape index (κ1) is 12.8. The molecule has 2 unspecified atom stereocenters. The summed E-state index contributed by atoms with van der Waals surface area (Å²) in [6, 6.07) is 9.36. The summed E-state index contributed by atoms with van der Waals surface area (Å²) in [5, 5.41) is 0. The summed E-state index contributed by atoms with van der Waals surface area (Å²) >= 11 is 0. The lowest BCUT2D eigenvalue weighted by Gasteiger charge is -2.23. The van der Waals surface area contributed by atoms with Gasteiger partial charge >= 0.3 is 6.09 Å². The number of carbonyl (C=O) groups is 1. The van der Waals surface area contributed by atoms with Crippen LogP contribution in [0.1, 0.15) is 12.0 Å². The van der Waals surface area contributed by atoms with Gasteiger partial charge in [0, 0.05) is 20.1 Å². The summed E-state index contributed by atoms with van der Waals surface area (Å²) in [7, 11) is 1.39. The molecule has 2 rings (SSSR count). The topological polar surface area (TPSA) is 38.8 Å². The predicted molar refractivity (Wildman–Crippen MR) is 63.6 cm³/mol. The van der Waals surface area contributed by atoms with Crippen LogP contribution in [0.25, 0.3) is 0 Å². The molecule has 1 aromatic carbocycles. The first-order valence-electron chi connectivity index (χ1n) is 5.86. The highest BCUT2D eigenvalue weighted by Crippen LogP contribution is 2.22. The summed E-state index contributed by atoms with van der Waals surface area (Å²) < 4.78 is 23.5. The number of alkyl halides is 1. The Balaban J connectivity index is 1.88. The molecule has 5 heteroatoms. The predicted octanol–water partition coefficient (Wildman–Crippen LogP) is 2.34. The van der Waals surface area contributed by atoms with Crippen LogP contribution in [0.2, 0.25) is 0 Å². The number of likely N-dealkylation sites (tertiary alicyclic amines) is 1. The van der Waals surface area contributed by atoms with Gasteiger partial charge in [-0.15, -0.1) is 0 Å². The van der Waals surface area contributed by atoms with Gasteiger partial charge in [-0.05, 0) is 5.56 Å². The average molecular weight is 253 g/mol. The molecule has 1 fully saturated rings.